The maximum absolute atomic E-state index is 11.0. The van der Waals surface area contributed by atoms with Crippen molar-refractivity contribution in [2.45, 2.75) is 25.4 Å². The highest BCUT2D eigenvalue weighted by Crippen LogP contribution is 2.33. The first-order valence-corrected chi connectivity index (χ1v) is 5.66. The molecule has 0 radical (unpaired) electrons. The van der Waals surface area contributed by atoms with Gasteiger partial charge in [0.15, 0.2) is 0 Å². The molecule has 0 amide bonds. The molecule has 5 nitrogen and oxygen atoms in total. The van der Waals surface area contributed by atoms with E-state index in [1.807, 2.05) is 12.1 Å². The molecule has 1 heterocycles. The monoisotopic (exact) mass is 236 g/mol. The van der Waals surface area contributed by atoms with Gasteiger partial charge in [0.25, 0.3) is 0 Å². The van der Waals surface area contributed by atoms with E-state index in [9.17, 15) is 4.79 Å². The van der Waals surface area contributed by atoms with Gasteiger partial charge in [0.2, 0.25) is 5.88 Å². The highest BCUT2D eigenvalue weighted by molar-refractivity contribution is 5.74. The fourth-order valence-electron chi connectivity index (χ4n) is 1.85. The van der Waals surface area contributed by atoms with Crippen LogP contribution in [0.4, 0.5) is 0 Å². The summed E-state index contributed by atoms with van der Waals surface area (Å²) in [7, 11) is 1.56. The number of rotatable bonds is 6. The van der Waals surface area contributed by atoms with Gasteiger partial charge < -0.3 is 9.84 Å². The molecule has 1 atom stereocenters. The zero-order valence-electron chi connectivity index (χ0n) is 9.72. The van der Waals surface area contributed by atoms with Crippen molar-refractivity contribution in [2.24, 2.45) is 5.92 Å². The van der Waals surface area contributed by atoms with Crippen molar-refractivity contribution in [3.05, 3.63) is 23.9 Å². The van der Waals surface area contributed by atoms with Crippen LogP contribution in [-0.4, -0.2) is 29.2 Å². The van der Waals surface area contributed by atoms with E-state index in [1.165, 1.54) is 0 Å². The normalized spacial score (nSPS) is 16.5. The first-order valence-electron chi connectivity index (χ1n) is 5.66. The SMILES string of the molecule is COc1ncccc1CNC(C(=O)O)C1CC1. The standard InChI is InChI=1S/C12H16N2O3/c1-17-11-9(3-2-6-13-11)7-14-10(12(15)16)8-4-5-8/h2-3,6,8,10,14H,4-5,7H2,1H3,(H,15,16). The van der Waals surface area contributed by atoms with E-state index in [1.54, 1.807) is 13.3 Å². The van der Waals surface area contributed by atoms with E-state index in [4.69, 9.17) is 9.84 Å². The van der Waals surface area contributed by atoms with Gasteiger partial charge >= 0.3 is 5.97 Å². The van der Waals surface area contributed by atoms with Gasteiger partial charge in [-0.25, -0.2) is 4.98 Å². The maximum Gasteiger partial charge on any atom is 0.320 e. The number of carbonyl (C=O) groups is 1. The molecule has 0 spiro atoms. The molecule has 1 aliphatic carbocycles. The second kappa shape index (κ2) is 5.14. The van der Waals surface area contributed by atoms with Crippen LogP contribution >= 0.6 is 0 Å². The first-order chi connectivity index (χ1) is 8.22. The molecule has 0 saturated heterocycles. The third-order valence-electron chi connectivity index (χ3n) is 2.92. The summed E-state index contributed by atoms with van der Waals surface area (Å²) in [6.07, 6.45) is 3.64. The number of nitrogens with zero attached hydrogens (tertiary/aromatic N) is 1. The van der Waals surface area contributed by atoms with E-state index in [0.29, 0.717) is 12.4 Å². The fraction of sp³-hybridized carbons (Fsp3) is 0.500. The number of ether oxygens (including phenoxy) is 1. The molecule has 17 heavy (non-hydrogen) atoms. The lowest BCUT2D eigenvalue weighted by atomic mass is 10.1. The molecule has 2 N–H and O–H groups in total. The lowest BCUT2D eigenvalue weighted by Crippen LogP contribution is -2.38. The fourth-order valence-corrected chi connectivity index (χ4v) is 1.85. The summed E-state index contributed by atoms with van der Waals surface area (Å²) in [4.78, 5) is 15.1. The second-order valence-corrected chi connectivity index (χ2v) is 4.21. The topological polar surface area (TPSA) is 71.5 Å². The molecule has 0 bridgehead atoms. The molecule has 0 aliphatic heterocycles. The molecule has 1 saturated carbocycles. The van der Waals surface area contributed by atoms with Gasteiger partial charge in [-0.2, -0.15) is 0 Å². The predicted molar refractivity (Wildman–Crippen MR) is 61.8 cm³/mol. The first kappa shape index (κ1) is 11.9. The minimum absolute atomic E-state index is 0.273. The smallest absolute Gasteiger partial charge is 0.320 e. The number of hydrogen-bond acceptors (Lipinski definition) is 4. The van der Waals surface area contributed by atoms with Gasteiger partial charge in [-0.05, 0) is 24.8 Å². The average molecular weight is 236 g/mol. The van der Waals surface area contributed by atoms with Gasteiger partial charge in [0.05, 0.1) is 7.11 Å². The van der Waals surface area contributed by atoms with Crippen molar-refractivity contribution >= 4 is 5.97 Å². The molecular weight excluding hydrogens is 220 g/mol. The minimum atomic E-state index is -0.782. The van der Waals surface area contributed by atoms with Gasteiger partial charge in [0.1, 0.15) is 6.04 Å². The number of methoxy groups -OCH3 is 1. The Balaban J connectivity index is 1.98. The Morgan fingerprint density at radius 2 is 2.47 bits per heavy atom. The van der Waals surface area contributed by atoms with Crippen LogP contribution in [0.5, 0.6) is 5.88 Å². The van der Waals surface area contributed by atoms with Crippen molar-refractivity contribution in [3.8, 4) is 5.88 Å². The number of nitrogens with one attached hydrogen (secondary N) is 1. The Morgan fingerprint density at radius 3 is 3.06 bits per heavy atom. The second-order valence-electron chi connectivity index (χ2n) is 4.21. The molecule has 1 aliphatic rings. The summed E-state index contributed by atoms with van der Waals surface area (Å²) in [5, 5.41) is 12.1. The van der Waals surface area contributed by atoms with Crippen LogP contribution in [0.15, 0.2) is 18.3 Å². The summed E-state index contributed by atoms with van der Waals surface area (Å²) in [5.74, 6) is 0.0328. The summed E-state index contributed by atoms with van der Waals surface area (Å²) in [6.45, 7) is 0.463. The Hall–Kier alpha value is -1.62. The highest BCUT2D eigenvalue weighted by atomic mass is 16.5. The van der Waals surface area contributed by atoms with Crippen LogP contribution in [0.25, 0.3) is 0 Å². The van der Waals surface area contributed by atoms with Crippen molar-refractivity contribution < 1.29 is 14.6 Å². The largest absolute Gasteiger partial charge is 0.481 e. The Labute approximate surface area is 99.8 Å². The molecule has 5 heteroatoms. The number of aliphatic carboxylic acids is 1. The quantitative estimate of drug-likeness (QED) is 0.772. The summed E-state index contributed by atoms with van der Waals surface area (Å²) in [6, 6.07) is 3.23. The van der Waals surface area contributed by atoms with Crippen LogP contribution in [0.2, 0.25) is 0 Å². The number of carboxylic acids is 1. The van der Waals surface area contributed by atoms with Gasteiger partial charge in [-0.3, -0.25) is 10.1 Å². The molecule has 0 aromatic carbocycles. The van der Waals surface area contributed by atoms with Crippen molar-refractivity contribution in [1.82, 2.24) is 10.3 Å². The lowest BCUT2D eigenvalue weighted by molar-refractivity contribution is -0.140. The molecule has 2 rings (SSSR count). The minimum Gasteiger partial charge on any atom is -0.481 e. The van der Waals surface area contributed by atoms with Crippen LogP contribution in [0.3, 0.4) is 0 Å². The number of pyridine rings is 1. The molecular formula is C12H16N2O3. The third-order valence-corrected chi connectivity index (χ3v) is 2.92. The van der Waals surface area contributed by atoms with E-state index >= 15 is 0 Å². The van der Waals surface area contributed by atoms with Crippen LogP contribution in [-0.2, 0) is 11.3 Å². The molecule has 92 valence electrons. The van der Waals surface area contributed by atoms with Crippen LogP contribution in [0, 0.1) is 5.92 Å². The predicted octanol–water partition coefficient (Wildman–Crippen LogP) is 1.04. The zero-order chi connectivity index (χ0) is 12.3. The number of hydrogen-bond donors (Lipinski definition) is 2. The molecule has 1 unspecified atom stereocenters. The number of carboxylic acid groups (broad SMARTS) is 1. The third kappa shape index (κ3) is 2.94. The Kier molecular flexibility index (Phi) is 3.58. The summed E-state index contributed by atoms with van der Waals surface area (Å²) >= 11 is 0. The van der Waals surface area contributed by atoms with Crippen molar-refractivity contribution in [2.75, 3.05) is 7.11 Å². The summed E-state index contributed by atoms with van der Waals surface area (Å²) in [5.41, 5.74) is 0.877. The van der Waals surface area contributed by atoms with E-state index in [-0.39, 0.29) is 5.92 Å². The van der Waals surface area contributed by atoms with Gasteiger partial charge in [0, 0.05) is 18.3 Å². The summed E-state index contributed by atoms with van der Waals surface area (Å²) < 4.78 is 5.12. The lowest BCUT2D eigenvalue weighted by Gasteiger charge is -2.14. The van der Waals surface area contributed by atoms with Gasteiger partial charge in [-0.1, -0.05) is 6.07 Å². The average Bonchev–Trinajstić information content (AvgIpc) is 3.14. The van der Waals surface area contributed by atoms with Crippen molar-refractivity contribution in [3.63, 3.8) is 0 Å². The zero-order valence-corrected chi connectivity index (χ0v) is 9.72. The van der Waals surface area contributed by atoms with Gasteiger partial charge in [-0.15, -0.1) is 0 Å². The Morgan fingerprint density at radius 1 is 1.71 bits per heavy atom. The molecule has 1 aromatic rings. The van der Waals surface area contributed by atoms with Crippen LogP contribution in [0.1, 0.15) is 18.4 Å². The van der Waals surface area contributed by atoms with Crippen molar-refractivity contribution in [1.29, 1.82) is 0 Å². The Bertz CT molecular complexity index is 404. The van der Waals surface area contributed by atoms with Crippen LogP contribution < -0.4 is 10.1 Å². The number of aromatic nitrogens is 1. The van der Waals surface area contributed by atoms with E-state index < -0.39 is 12.0 Å². The molecule has 1 aromatic heterocycles. The van der Waals surface area contributed by atoms with E-state index in [0.717, 1.165) is 18.4 Å². The highest BCUT2D eigenvalue weighted by Gasteiger charge is 2.35. The molecule has 1 fully saturated rings. The van der Waals surface area contributed by atoms with E-state index in [2.05, 4.69) is 10.3 Å². The maximum atomic E-state index is 11.0.